The van der Waals surface area contributed by atoms with E-state index in [-0.39, 0.29) is 18.4 Å². The number of ether oxygens (including phenoxy) is 2. The molecular weight excluding hydrogens is 396 g/mol. The van der Waals surface area contributed by atoms with E-state index in [1.54, 1.807) is 25.6 Å². The van der Waals surface area contributed by atoms with Crippen LogP contribution in [-0.2, 0) is 27.2 Å². The molecule has 2 aromatic carbocycles. The van der Waals surface area contributed by atoms with Gasteiger partial charge in [0.15, 0.2) is 0 Å². The summed E-state index contributed by atoms with van der Waals surface area (Å²) in [5, 5.41) is 5.69. The topological polar surface area (TPSA) is 94.5 Å². The van der Waals surface area contributed by atoms with Crippen LogP contribution in [0.25, 0.3) is 11.0 Å². The summed E-state index contributed by atoms with van der Waals surface area (Å²) in [6.45, 7) is 1.67. The summed E-state index contributed by atoms with van der Waals surface area (Å²) < 4.78 is 11.9. The molecule has 0 aliphatic rings. The molecule has 3 rings (SSSR count). The highest BCUT2D eigenvalue weighted by Crippen LogP contribution is 2.24. The molecule has 3 aromatic rings. The van der Waals surface area contributed by atoms with Crippen molar-refractivity contribution in [1.29, 1.82) is 0 Å². The molecule has 0 spiro atoms. The zero-order chi connectivity index (χ0) is 22.1. The first-order chi connectivity index (χ1) is 15.1. The molecule has 1 aromatic heterocycles. The standard InChI is InChI=1S/C23H28N4O4/c1-30-12-6-10-24-23(29)19-13-18(26-21(28)15-31-2)14-20-22(19)27(16-25-20)11-9-17-7-4-3-5-8-17/h3-5,7-8,13-14,16H,6,9-12,15H2,1-2H3,(H,24,29)(H,26,28). The number of anilines is 1. The molecule has 1 heterocycles. The molecule has 164 valence electrons. The number of nitrogens with zero attached hydrogens (tertiary/aromatic N) is 2. The lowest BCUT2D eigenvalue weighted by Crippen LogP contribution is -2.26. The van der Waals surface area contributed by atoms with Gasteiger partial charge in [-0.25, -0.2) is 4.98 Å². The second kappa shape index (κ2) is 11.2. The Hall–Kier alpha value is -3.23. The van der Waals surface area contributed by atoms with Crippen molar-refractivity contribution in [2.45, 2.75) is 19.4 Å². The Bertz CT molecular complexity index is 1020. The zero-order valence-electron chi connectivity index (χ0n) is 17.9. The minimum atomic E-state index is -0.295. The van der Waals surface area contributed by atoms with Crippen LogP contribution in [0.5, 0.6) is 0 Å². The van der Waals surface area contributed by atoms with Crippen molar-refractivity contribution in [1.82, 2.24) is 14.9 Å². The maximum Gasteiger partial charge on any atom is 0.253 e. The molecule has 0 fully saturated rings. The van der Waals surface area contributed by atoms with Crippen LogP contribution in [0, 0.1) is 0 Å². The lowest BCUT2D eigenvalue weighted by molar-refractivity contribution is -0.119. The molecule has 0 bridgehead atoms. The number of nitrogens with one attached hydrogen (secondary N) is 2. The number of aromatic nitrogens is 2. The predicted octanol–water partition coefficient (Wildman–Crippen LogP) is 2.63. The number of rotatable bonds is 11. The van der Waals surface area contributed by atoms with Gasteiger partial charge in [-0.1, -0.05) is 30.3 Å². The third kappa shape index (κ3) is 6.13. The number of aryl methyl sites for hydroxylation is 2. The summed E-state index contributed by atoms with van der Waals surface area (Å²) in [5.41, 5.74) is 3.56. The van der Waals surface area contributed by atoms with E-state index in [1.165, 1.54) is 12.7 Å². The monoisotopic (exact) mass is 424 g/mol. The van der Waals surface area contributed by atoms with Crippen molar-refractivity contribution in [3.05, 3.63) is 59.9 Å². The Labute approximate surface area is 181 Å². The fourth-order valence-corrected chi connectivity index (χ4v) is 3.36. The highest BCUT2D eigenvalue weighted by Gasteiger charge is 2.17. The lowest BCUT2D eigenvalue weighted by Gasteiger charge is -2.12. The Balaban J connectivity index is 1.89. The quantitative estimate of drug-likeness (QED) is 0.462. The Morgan fingerprint density at radius 3 is 2.65 bits per heavy atom. The highest BCUT2D eigenvalue weighted by molar-refractivity contribution is 6.07. The number of carbonyl (C=O) groups is 2. The first-order valence-corrected chi connectivity index (χ1v) is 10.2. The van der Waals surface area contributed by atoms with Gasteiger partial charge in [0, 0.05) is 39.6 Å². The number of carbonyl (C=O) groups excluding carboxylic acids is 2. The summed E-state index contributed by atoms with van der Waals surface area (Å²) in [4.78, 5) is 29.4. The summed E-state index contributed by atoms with van der Waals surface area (Å²) in [6.07, 6.45) is 3.26. The normalized spacial score (nSPS) is 10.9. The van der Waals surface area contributed by atoms with Crippen LogP contribution in [-0.4, -0.2) is 55.3 Å². The van der Waals surface area contributed by atoms with Crippen LogP contribution in [0.1, 0.15) is 22.3 Å². The van der Waals surface area contributed by atoms with Gasteiger partial charge in [-0.15, -0.1) is 0 Å². The van der Waals surface area contributed by atoms with E-state index in [0.29, 0.717) is 42.9 Å². The van der Waals surface area contributed by atoms with Crippen LogP contribution < -0.4 is 10.6 Å². The zero-order valence-corrected chi connectivity index (χ0v) is 17.9. The number of imidazole rings is 1. The molecule has 0 aliphatic heterocycles. The van der Waals surface area contributed by atoms with E-state index < -0.39 is 0 Å². The van der Waals surface area contributed by atoms with Crippen molar-refractivity contribution in [3.63, 3.8) is 0 Å². The molecule has 0 saturated heterocycles. The molecule has 0 unspecified atom stereocenters. The SMILES string of the molecule is COCCCNC(=O)c1cc(NC(=O)COC)cc2ncn(CCc3ccccc3)c12. The third-order valence-electron chi connectivity index (χ3n) is 4.81. The van der Waals surface area contributed by atoms with E-state index in [9.17, 15) is 9.59 Å². The Morgan fingerprint density at radius 1 is 1.10 bits per heavy atom. The van der Waals surface area contributed by atoms with Crippen LogP contribution in [0.2, 0.25) is 0 Å². The van der Waals surface area contributed by atoms with E-state index >= 15 is 0 Å². The van der Waals surface area contributed by atoms with Gasteiger partial charge in [-0.2, -0.15) is 0 Å². The molecule has 0 radical (unpaired) electrons. The molecule has 0 aliphatic carbocycles. The lowest BCUT2D eigenvalue weighted by atomic mass is 10.1. The first-order valence-electron chi connectivity index (χ1n) is 10.2. The maximum absolute atomic E-state index is 13.0. The molecule has 8 nitrogen and oxygen atoms in total. The number of benzene rings is 2. The number of methoxy groups -OCH3 is 2. The average molecular weight is 425 g/mol. The predicted molar refractivity (Wildman–Crippen MR) is 119 cm³/mol. The molecule has 0 atom stereocenters. The highest BCUT2D eigenvalue weighted by atomic mass is 16.5. The third-order valence-corrected chi connectivity index (χ3v) is 4.81. The van der Waals surface area contributed by atoms with Crippen molar-refractivity contribution < 1.29 is 19.1 Å². The summed E-state index contributed by atoms with van der Waals surface area (Å²) in [6, 6.07) is 13.6. The minimum Gasteiger partial charge on any atom is -0.385 e. The van der Waals surface area contributed by atoms with Crippen LogP contribution >= 0.6 is 0 Å². The van der Waals surface area contributed by atoms with Gasteiger partial charge in [0.1, 0.15) is 6.61 Å². The molecule has 8 heteroatoms. The van der Waals surface area contributed by atoms with Gasteiger partial charge in [0.2, 0.25) is 5.91 Å². The second-order valence-electron chi connectivity index (χ2n) is 7.15. The number of fused-ring (bicyclic) bond motifs is 1. The second-order valence-corrected chi connectivity index (χ2v) is 7.15. The smallest absolute Gasteiger partial charge is 0.253 e. The Kier molecular flexibility index (Phi) is 8.14. The summed E-state index contributed by atoms with van der Waals surface area (Å²) in [5.74, 6) is -0.512. The van der Waals surface area contributed by atoms with Gasteiger partial charge in [-0.05, 0) is 30.5 Å². The molecule has 2 amide bonds. The van der Waals surface area contributed by atoms with Crippen LogP contribution in [0.15, 0.2) is 48.8 Å². The van der Waals surface area contributed by atoms with Crippen LogP contribution in [0.4, 0.5) is 5.69 Å². The van der Waals surface area contributed by atoms with E-state index in [0.717, 1.165) is 11.9 Å². The first kappa shape index (κ1) is 22.5. The van der Waals surface area contributed by atoms with E-state index in [1.807, 2.05) is 22.8 Å². The maximum atomic E-state index is 13.0. The van der Waals surface area contributed by atoms with E-state index in [2.05, 4.69) is 27.8 Å². The van der Waals surface area contributed by atoms with Crippen molar-refractivity contribution in [2.24, 2.45) is 0 Å². The van der Waals surface area contributed by atoms with E-state index in [4.69, 9.17) is 9.47 Å². The summed E-state index contributed by atoms with van der Waals surface area (Å²) >= 11 is 0. The Morgan fingerprint density at radius 2 is 1.90 bits per heavy atom. The van der Waals surface area contributed by atoms with Gasteiger partial charge >= 0.3 is 0 Å². The van der Waals surface area contributed by atoms with Gasteiger partial charge < -0.3 is 24.7 Å². The molecule has 31 heavy (non-hydrogen) atoms. The number of hydrogen-bond acceptors (Lipinski definition) is 5. The fraction of sp³-hybridized carbons (Fsp3) is 0.348. The van der Waals surface area contributed by atoms with Crippen molar-refractivity contribution in [3.8, 4) is 0 Å². The van der Waals surface area contributed by atoms with Gasteiger partial charge in [-0.3, -0.25) is 9.59 Å². The summed E-state index contributed by atoms with van der Waals surface area (Å²) in [7, 11) is 3.08. The fourth-order valence-electron chi connectivity index (χ4n) is 3.36. The van der Waals surface area contributed by atoms with Gasteiger partial charge in [0.05, 0.1) is 22.9 Å². The number of amides is 2. The molecular formula is C23H28N4O4. The number of hydrogen-bond donors (Lipinski definition) is 2. The van der Waals surface area contributed by atoms with Crippen LogP contribution in [0.3, 0.4) is 0 Å². The largest absolute Gasteiger partial charge is 0.385 e. The van der Waals surface area contributed by atoms with Crippen molar-refractivity contribution >= 4 is 28.5 Å². The minimum absolute atomic E-state index is 0.0674. The van der Waals surface area contributed by atoms with Gasteiger partial charge in [0.25, 0.3) is 5.91 Å². The van der Waals surface area contributed by atoms with Crippen molar-refractivity contribution in [2.75, 3.05) is 39.3 Å². The molecule has 2 N–H and O–H groups in total. The average Bonchev–Trinajstić information content (AvgIpc) is 3.18. The molecule has 0 saturated carbocycles.